The number of hydrogen-bond donors (Lipinski definition) is 1. The lowest BCUT2D eigenvalue weighted by Crippen LogP contribution is -2.46. The molecule has 1 atom stereocenters. The molecule has 0 bridgehead atoms. The van der Waals surface area contributed by atoms with Crippen LogP contribution >= 0.6 is 0 Å². The average Bonchev–Trinajstić information content (AvgIpc) is 2.54. The maximum atomic E-state index is 13.2. The number of halogens is 6. The minimum atomic E-state index is -4.74. The van der Waals surface area contributed by atoms with Crippen molar-refractivity contribution in [2.45, 2.75) is 24.8 Å². The second-order valence-corrected chi connectivity index (χ2v) is 5.33. The topological polar surface area (TPSA) is 29.1 Å². The third-order valence-corrected chi connectivity index (χ3v) is 3.46. The van der Waals surface area contributed by atoms with Crippen LogP contribution in [0, 0.1) is 0 Å². The zero-order valence-corrected chi connectivity index (χ0v) is 12.7. The highest BCUT2D eigenvalue weighted by Gasteiger charge is 2.41. The lowest BCUT2D eigenvalue weighted by molar-refractivity contribution is -0.153. The fourth-order valence-electron chi connectivity index (χ4n) is 2.15. The van der Waals surface area contributed by atoms with Gasteiger partial charge in [-0.05, 0) is 29.8 Å². The predicted octanol–water partition coefficient (Wildman–Crippen LogP) is 4.61. The Morgan fingerprint density at radius 2 is 1.44 bits per heavy atom. The predicted molar refractivity (Wildman–Crippen MR) is 78.9 cm³/mol. The van der Waals surface area contributed by atoms with Gasteiger partial charge >= 0.3 is 12.4 Å². The van der Waals surface area contributed by atoms with E-state index in [1.165, 1.54) is 24.3 Å². The van der Waals surface area contributed by atoms with Crippen LogP contribution in [0.2, 0.25) is 0 Å². The molecule has 0 aliphatic rings. The molecular formula is C17H13F6NO. The lowest BCUT2D eigenvalue weighted by atomic mass is 10.0. The van der Waals surface area contributed by atoms with Crippen LogP contribution < -0.4 is 5.32 Å². The van der Waals surface area contributed by atoms with Gasteiger partial charge in [-0.25, -0.2) is 0 Å². The van der Waals surface area contributed by atoms with E-state index in [9.17, 15) is 31.1 Å². The molecular weight excluding hydrogens is 348 g/mol. The van der Waals surface area contributed by atoms with E-state index in [0.717, 1.165) is 12.1 Å². The summed E-state index contributed by atoms with van der Waals surface area (Å²) in [6, 6.07) is 8.50. The van der Waals surface area contributed by atoms with Crippen molar-refractivity contribution in [3.63, 3.8) is 0 Å². The molecule has 2 aromatic carbocycles. The number of hydrogen-bond acceptors (Lipinski definition) is 1. The largest absolute Gasteiger partial charge is 0.416 e. The van der Waals surface area contributed by atoms with Gasteiger partial charge in [-0.3, -0.25) is 4.79 Å². The Hall–Kier alpha value is -2.51. The molecule has 1 amide bonds. The van der Waals surface area contributed by atoms with Crippen molar-refractivity contribution in [3.8, 4) is 0 Å². The van der Waals surface area contributed by atoms with Gasteiger partial charge in [0.15, 0.2) is 0 Å². The Bertz CT molecular complexity index is 707. The van der Waals surface area contributed by atoms with E-state index in [1.807, 2.05) is 5.32 Å². The SMILES string of the molecule is O=C(N[C@H](Cc1ccc(C(F)(F)F)cc1)C(F)(F)F)c1ccccc1. The van der Waals surface area contributed by atoms with Crippen LogP contribution in [0.5, 0.6) is 0 Å². The molecule has 0 aliphatic carbocycles. The first-order valence-electron chi connectivity index (χ1n) is 7.16. The van der Waals surface area contributed by atoms with Crippen LogP contribution in [0.4, 0.5) is 26.3 Å². The number of amides is 1. The number of carbonyl (C=O) groups is 1. The highest BCUT2D eigenvalue weighted by Crippen LogP contribution is 2.30. The van der Waals surface area contributed by atoms with Crippen molar-refractivity contribution >= 4 is 5.91 Å². The molecule has 1 N–H and O–H groups in total. The fraction of sp³-hybridized carbons (Fsp3) is 0.235. The second kappa shape index (κ2) is 7.16. The third-order valence-electron chi connectivity index (χ3n) is 3.46. The molecule has 0 radical (unpaired) electrons. The number of alkyl halides is 6. The van der Waals surface area contributed by atoms with E-state index >= 15 is 0 Å². The summed E-state index contributed by atoms with van der Waals surface area (Å²) in [7, 11) is 0. The van der Waals surface area contributed by atoms with Gasteiger partial charge in [-0.1, -0.05) is 30.3 Å². The molecule has 8 heteroatoms. The minimum Gasteiger partial charge on any atom is -0.340 e. The average molecular weight is 361 g/mol. The van der Waals surface area contributed by atoms with Gasteiger partial charge < -0.3 is 5.32 Å². The van der Waals surface area contributed by atoms with Crippen LogP contribution in [0.25, 0.3) is 0 Å². The molecule has 25 heavy (non-hydrogen) atoms. The Kier molecular flexibility index (Phi) is 5.39. The smallest absolute Gasteiger partial charge is 0.340 e. The molecule has 134 valence electrons. The molecule has 0 fully saturated rings. The Morgan fingerprint density at radius 3 is 1.92 bits per heavy atom. The third kappa shape index (κ3) is 5.23. The summed E-state index contributed by atoms with van der Waals surface area (Å²) in [6.07, 6.45) is -9.98. The first-order valence-corrected chi connectivity index (χ1v) is 7.16. The first kappa shape index (κ1) is 18.8. The van der Waals surface area contributed by atoms with Crippen molar-refractivity contribution in [3.05, 3.63) is 71.3 Å². The van der Waals surface area contributed by atoms with E-state index < -0.39 is 36.3 Å². The molecule has 0 aromatic heterocycles. The summed E-state index contributed by atoms with van der Waals surface area (Å²) in [4.78, 5) is 11.9. The summed E-state index contributed by atoms with van der Waals surface area (Å²) in [5.74, 6) is -0.908. The Morgan fingerprint density at radius 1 is 0.880 bits per heavy atom. The van der Waals surface area contributed by atoms with Gasteiger partial charge in [0.1, 0.15) is 6.04 Å². The molecule has 2 rings (SSSR count). The summed E-state index contributed by atoms with van der Waals surface area (Å²) in [6.45, 7) is 0. The molecule has 2 nitrogen and oxygen atoms in total. The van der Waals surface area contributed by atoms with Crippen LogP contribution in [0.15, 0.2) is 54.6 Å². The minimum absolute atomic E-state index is 0.0312. The number of rotatable bonds is 4. The maximum absolute atomic E-state index is 13.2. The first-order chi connectivity index (χ1) is 11.6. The van der Waals surface area contributed by atoms with Crippen LogP contribution in [-0.4, -0.2) is 18.1 Å². The molecule has 0 heterocycles. The van der Waals surface area contributed by atoms with Crippen LogP contribution in [0.3, 0.4) is 0 Å². The van der Waals surface area contributed by atoms with Crippen molar-refractivity contribution in [1.29, 1.82) is 0 Å². The van der Waals surface area contributed by atoms with Crippen LogP contribution in [0.1, 0.15) is 21.5 Å². The number of benzene rings is 2. The van der Waals surface area contributed by atoms with E-state index in [2.05, 4.69) is 0 Å². The summed E-state index contributed by atoms with van der Waals surface area (Å²) >= 11 is 0. The maximum Gasteiger partial charge on any atom is 0.416 e. The van der Waals surface area contributed by atoms with E-state index in [0.29, 0.717) is 12.1 Å². The van der Waals surface area contributed by atoms with Gasteiger partial charge in [0.05, 0.1) is 5.56 Å². The molecule has 0 saturated carbocycles. The van der Waals surface area contributed by atoms with E-state index in [4.69, 9.17) is 0 Å². The fourth-order valence-corrected chi connectivity index (χ4v) is 2.15. The van der Waals surface area contributed by atoms with E-state index in [-0.39, 0.29) is 11.1 Å². The summed E-state index contributed by atoms with van der Waals surface area (Å²) in [5, 5.41) is 1.88. The van der Waals surface area contributed by atoms with Gasteiger partial charge in [0.25, 0.3) is 5.91 Å². The molecule has 2 aromatic rings. The highest BCUT2D eigenvalue weighted by atomic mass is 19.4. The normalized spacial score (nSPS) is 13.4. The summed E-state index contributed by atoms with van der Waals surface area (Å²) in [5.41, 5.74) is -0.860. The van der Waals surface area contributed by atoms with Crippen LogP contribution in [-0.2, 0) is 12.6 Å². The van der Waals surface area contributed by atoms with Crippen molar-refractivity contribution < 1.29 is 31.1 Å². The molecule has 0 unspecified atom stereocenters. The number of carbonyl (C=O) groups excluding carboxylic acids is 1. The quantitative estimate of drug-likeness (QED) is 0.792. The molecule has 0 saturated heterocycles. The molecule has 0 spiro atoms. The number of nitrogens with one attached hydrogen (secondary N) is 1. The van der Waals surface area contributed by atoms with Gasteiger partial charge in [0, 0.05) is 12.0 Å². The Labute approximate surface area is 139 Å². The van der Waals surface area contributed by atoms with E-state index in [1.54, 1.807) is 6.07 Å². The van der Waals surface area contributed by atoms with Crippen molar-refractivity contribution in [1.82, 2.24) is 5.32 Å². The lowest BCUT2D eigenvalue weighted by Gasteiger charge is -2.22. The second-order valence-electron chi connectivity index (χ2n) is 5.33. The standard InChI is InChI=1S/C17H13F6NO/c18-16(19,20)13-8-6-11(7-9-13)10-14(17(21,22)23)24-15(25)12-4-2-1-3-5-12/h1-9,14H,10H2,(H,24,25)/t14-/m1/s1. The Balaban J connectivity index is 2.15. The zero-order valence-electron chi connectivity index (χ0n) is 12.7. The van der Waals surface area contributed by atoms with Gasteiger partial charge in [-0.15, -0.1) is 0 Å². The summed E-state index contributed by atoms with van der Waals surface area (Å²) < 4.78 is 76.9. The zero-order chi connectivity index (χ0) is 18.7. The van der Waals surface area contributed by atoms with Crippen molar-refractivity contribution in [2.24, 2.45) is 0 Å². The van der Waals surface area contributed by atoms with Gasteiger partial charge in [-0.2, -0.15) is 26.3 Å². The van der Waals surface area contributed by atoms with Crippen molar-refractivity contribution in [2.75, 3.05) is 0 Å². The monoisotopic (exact) mass is 361 g/mol. The van der Waals surface area contributed by atoms with Gasteiger partial charge in [0.2, 0.25) is 0 Å². The molecule has 0 aliphatic heterocycles. The highest BCUT2D eigenvalue weighted by molar-refractivity contribution is 5.94.